The summed E-state index contributed by atoms with van der Waals surface area (Å²) in [4.78, 5) is 12.2. The molecule has 0 radical (unpaired) electrons. The van der Waals surface area contributed by atoms with Crippen LogP contribution in [0.1, 0.15) is 11.3 Å². The molecule has 5 N–H and O–H groups in total. The van der Waals surface area contributed by atoms with Crippen LogP contribution >= 0.6 is 0 Å². The summed E-state index contributed by atoms with van der Waals surface area (Å²) in [6, 6.07) is 9.24. The number of para-hydroxylation sites is 1. The van der Waals surface area contributed by atoms with Gasteiger partial charge in [-0.15, -0.1) is 5.10 Å². The van der Waals surface area contributed by atoms with Gasteiger partial charge in [0.15, 0.2) is 0 Å². The van der Waals surface area contributed by atoms with E-state index in [4.69, 9.17) is 11.5 Å². The van der Waals surface area contributed by atoms with Gasteiger partial charge < -0.3 is 11.5 Å². The molecule has 0 amide bonds. The van der Waals surface area contributed by atoms with Crippen molar-refractivity contribution in [2.75, 3.05) is 0 Å². The number of nitrogens with one attached hydrogen (secondary N) is 1. The quantitative estimate of drug-likeness (QED) is 0.411. The summed E-state index contributed by atoms with van der Waals surface area (Å²) in [7, 11) is 0. The van der Waals surface area contributed by atoms with Crippen LogP contribution in [0.15, 0.2) is 45.3 Å². The standard InChI is InChI=1S/C12H14N6O/c1-8-10(7-15-16-12(13)14)11(19)18(17-8)9-5-3-2-4-6-9/h2-7,17H,1H3,(H4,13,14,16)/b15-7+. The molecule has 0 saturated carbocycles. The Kier molecular flexibility index (Phi) is 3.46. The van der Waals surface area contributed by atoms with Gasteiger partial charge in [0, 0.05) is 5.69 Å². The van der Waals surface area contributed by atoms with Gasteiger partial charge in [-0.25, -0.2) is 4.68 Å². The summed E-state index contributed by atoms with van der Waals surface area (Å²) in [5, 5.41) is 10.1. The monoisotopic (exact) mass is 258 g/mol. The third kappa shape index (κ3) is 2.71. The molecule has 0 unspecified atom stereocenters. The minimum atomic E-state index is -0.210. The summed E-state index contributed by atoms with van der Waals surface area (Å²) in [6.07, 6.45) is 1.33. The van der Waals surface area contributed by atoms with Gasteiger partial charge in [-0.1, -0.05) is 18.2 Å². The second-order valence-corrected chi connectivity index (χ2v) is 3.90. The molecule has 19 heavy (non-hydrogen) atoms. The molecule has 0 aliphatic carbocycles. The van der Waals surface area contributed by atoms with Crippen molar-refractivity contribution in [2.45, 2.75) is 6.92 Å². The number of benzene rings is 1. The van der Waals surface area contributed by atoms with Crippen molar-refractivity contribution in [1.29, 1.82) is 0 Å². The highest BCUT2D eigenvalue weighted by Gasteiger charge is 2.09. The first-order valence-corrected chi connectivity index (χ1v) is 5.58. The maximum atomic E-state index is 12.2. The van der Waals surface area contributed by atoms with Gasteiger partial charge in [-0.05, 0) is 19.1 Å². The molecule has 7 nitrogen and oxygen atoms in total. The largest absolute Gasteiger partial charge is 0.369 e. The molecule has 1 aromatic heterocycles. The lowest BCUT2D eigenvalue weighted by molar-refractivity contribution is 0.835. The average molecular weight is 258 g/mol. The molecule has 2 rings (SSSR count). The van der Waals surface area contributed by atoms with Gasteiger partial charge in [0.1, 0.15) is 0 Å². The van der Waals surface area contributed by atoms with E-state index in [-0.39, 0.29) is 11.5 Å². The zero-order chi connectivity index (χ0) is 13.8. The lowest BCUT2D eigenvalue weighted by atomic mass is 10.3. The Hall–Kier alpha value is -2.83. The fraction of sp³-hybridized carbons (Fsp3) is 0.0833. The van der Waals surface area contributed by atoms with Crippen molar-refractivity contribution in [1.82, 2.24) is 9.78 Å². The van der Waals surface area contributed by atoms with Crippen LogP contribution in [-0.4, -0.2) is 22.0 Å². The third-order valence-electron chi connectivity index (χ3n) is 2.49. The van der Waals surface area contributed by atoms with Crippen LogP contribution in [0.5, 0.6) is 0 Å². The highest BCUT2D eigenvalue weighted by molar-refractivity contribution is 5.82. The minimum Gasteiger partial charge on any atom is -0.369 e. The van der Waals surface area contributed by atoms with E-state index >= 15 is 0 Å². The molecule has 2 aromatic rings. The van der Waals surface area contributed by atoms with E-state index in [1.807, 2.05) is 30.3 Å². The highest BCUT2D eigenvalue weighted by Crippen LogP contribution is 2.05. The lowest BCUT2D eigenvalue weighted by Gasteiger charge is -1.99. The van der Waals surface area contributed by atoms with Crippen LogP contribution in [0.25, 0.3) is 5.69 Å². The smallest absolute Gasteiger partial charge is 0.280 e. The molecular formula is C12H14N6O. The van der Waals surface area contributed by atoms with Crippen LogP contribution in [0, 0.1) is 6.92 Å². The van der Waals surface area contributed by atoms with Crippen molar-refractivity contribution in [3.8, 4) is 5.69 Å². The van der Waals surface area contributed by atoms with Crippen molar-refractivity contribution in [3.05, 3.63) is 51.9 Å². The average Bonchev–Trinajstić information content (AvgIpc) is 2.67. The van der Waals surface area contributed by atoms with Gasteiger partial charge in [0.25, 0.3) is 5.56 Å². The van der Waals surface area contributed by atoms with Gasteiger partial charge >= 0.3 is 0 Å². The van der Waals surface area contributed by atoms with Crippen molar-refractivity contribution in [3.63, 3.8) is 0 Å². The van der Waals surface area contributed by atoms with Gasteiger partial charge in [0.05, 0.1) is 17.5 Å². The summed E-state index contributed by atoms with van der Waals surface area (Å²) in [5.74, 6) is -0.159. The molecule has 0 saturated heterocycles. The Morgan fingerprint density at radius 3 is 2.63 bits per heavy atom. The molecule has 0 spiro atoms. The van der Waals surface area contributed by atoms with E-state index < -0.39 is 0 Å². The zero-order valence-electron chi connectivity index (χ0n) is 10.4. The second-order valence-electron chi connectivity index (χ2n) is 3.90. The van der Waals surface area contributed by atoms with E-state index in [1.165, 1.54) is 10.9 Å². The fourth-order valence-electron chi connectivity index (χ4n) is 1.62. The molecule has 98 valence electrons. The Labute approximate surface area is 109 Å². The van der Waals surface area contributed by atoms with E-state index in [0.29, 0.717) is 11.3 Å². The highest BCUT2D eigenvalue weighted by atomic mass is 16.1. The van der Waals surface area contributed by atoms with E-state index in [1.54, 1.807) is 6.92 Å². The Balaban J connectivity index is 2.44. The number of aromatic nitrogens is 2. The zero-order valence-corrected chi connectivity index (χ0v) is 10.4. The summed E-state index contributed by atoms with van der Waals surface area (Å²) in [6.45, 7) is 1.78. The van der Waals surface area contributed by atoms with Crippen LogP contribution in [0.4, 0.5) is 0 Å². The first kappa shape index (κ1) is 12.6. The molecule has 7 heteroatoms. The number of nitrogens with zero attached hydrogens (tertiary/aromatic N) is 3. The van der Waals surface area contributed by atoms with Gasteiger partial charge in [-0.3, -0.25) is 9.89 Å². The second kappa shape index (κ2) is 5.21. The predicted molar refractivity (Wildman–Crippen MR) is 74.5 cm³/mol. The first-order chi connectivity index (χ1) is 9.09. The van der Waals surface area contributed by atoms with E-state index in [2.05, 4.69) is 15.3 Å². The molecule has 0 bridgehead atoms. The normalized spacial score (nSPS) is 10.8. The van der Waals surface area contributed by atoms with E-state index in [0.717, 1.165) is 5.69 Å². The molecule has 0 atom stereocenters. The predicted octanol–water partition coefficient (Wildman–Crippen LogP) is 0.0813. The number of aromatic amines is 1. The van der Waals surface area contributed by atoms with Crippen molar-refractivity contribution >= 4 is 12.2 Å². The Morgan fingerprint density at radius 2 is 2.00 bits per heavy atom. The molecular weight excluding hydrogens is 244 g/mol. The molecule has 0 aliphatic rings. The lowest BCUT2D eigenvalue weighted by Crippen LogP contribution is -2.22. The number of aryl methyl sites for hydroxylation is 1. The van der Waals surface area contributed by atoms with E-state index in [9.17, 15) is 4.79 Å². The number of guanidine groups is 1. The maximum Gasteiger partial charge on any atom is 0.280 e. The third-order valence-corrected chi connectivity index (χ3v) is 2.49. The SMILES string of the molecule is Cc1[nH]n(-c2ccccc2)c(=O)c1/C=N/N=C(N)N. The Morgan fingerprint density at radius 1 is 1.32 bits per heavy atom. The van der Waals surface area contributed by atoms with Crippen molar-refractivity contribution < 1.29 is 0 Å². The minimum absolute atomic E-state index is 0.159. The van der Waals surface area contributed by atoms with Crippen LogP contribution in [-0.2, 0) is 0 Å². The Bertz CT molecular complexity index is 676. The number of nitrogens with two attached hydrogens (primary N) is 2. The van der Waals surface area contributed by atoms with Gasteiger partial charge in [-0.2, -0.15) is 5.10 Å². The van der Waals surface area contributed by atoms with Gasteiger partial charge in [0.2, 0.25) is 5.96 Å². The summed E-state index contributed by atoms with van der Waals surface area (Å²) < 4.78 is 1.44. The first-order valence-electron chi connectivity index (χ1n) is 5.58. The number of rotatable bonds is 3. The number of H-pyrrole nitrogens is 1. The molecule has 1 aromatic carbocycles. The summed E-state index contributed by atoms with van der Waals surface area (Å²) in [5.41, 5.74) is 11.9. The fourth-order valence-corrected chi connectivity index (χ4v) is 1.62. The number of hydrogen-bond donors (Lipinski definition) is 3. The number of hydrogen-bond acceptors (Lipinski definition) is 3. The van der Waals surface area contributed by atoms with Crippen molar-refractivity contribution in [2.24, 2.45) is 21.7 Å². The van der Waals surface area contributed by atoms with Crippen LogP contribution in [0.2, 0.25) is 0 Å². The topological polar surface area (TPSA) is 115 Å². The molecule has 0 fully saturated rings. The maximum absolute atomic E-state index is 12.2. The molecule has 0 aliphatic heterocycles. The summed E-state index contributed by atoms with van der Waals surface area (Å²) >= 11 is 0. The van der Waals surface area contributed by atoms with Crippen LogP contribution < -0.4 is 17.0 Å². The molecule has 1 heterocycles. The van der Waals surface area contributed by atoms with Crippen LogP contribution in [0.3, 0.4) is 0 Å².